The van der Waals surface area contributed by atoms with Gasteiger partial charge in [0.05, 0.1) is 6.54 Å². The van der Waals surface area contributed by atoms with Crippen LogP contribution >= 0.6 is 0 Å². The number of aromatic nitrogens is 7. The Balaban J connectivity index is 1.47. The predicted molar refractivity (Wildman–Crippen MR) is 83.3 cm³/mol. The molecule has 0 aromatic carbocycles. The second kappa shape index (κ2) is 6.19. The monoisotopic (exact) mass is 324 g/mol. The van der Waals surface area contributed by atoms with Crippen LogP contribution in [0.25, 0.3) is 5.82 Å². The van der Waals surface area contributed by atoms with Gasteiger partial charge in [-0.05, 0) is 25.0 Å². The number of hydrogen-bond acceptors (Lipinski definition) is 6. The fourth-order valence-corrected chi connectivity index (χ4v) is 2.77. The summed E-state index contributed by atoms with van der Waals surface area (Å²) < 4.78 is 3.60. The van der Waals surface area contributed by atoms with Crippen molar-refractivity contribution in [2.75, 3.05) is 0 Å². The molecule has 0 radical (unpaired) electrons. The van der Waals surface area contributed by atoms with E-state index in [4.69, 9.17) is 0 Å². The SMILES string of the molecule is O=C(NCc1nnc2n1CCCC2)c1ccnc(-n2cncn2)c1. The van der Waals surface area contributed by atoms with Crippen molar-refractivity contribution in [3.05, 3.63) is 48.2 Å². The van der Waals surface area contributed by atoms with Crippen LogP contribution in [0.5, 0.6) is 0 Å². The second-order valence-electron chi connectivity index (χ2n) is 5.57. The van der Waals surface area contributed by atoms with Gasteiger partial charge < -0.3 is 9.88 Å². The van der Waals surface area contributed by atoms with Crippen LogP contribution in [-0.4, -0.2) is 40.4 Å². The first kappa shape index (κ1) is 14.5. The number of rotatable bonds is 4. The molecule has 122 valence electrons. The zero-order valence-electron chi connectivity index (χ0n) is 13.0. The highest BCUT2D eigenvalue weighted by molar-refractivity contribution is 5.94. The summed E-state index contributed by atoms with van der Waals surface area (Å²) in [5.41, 5.74) is 0.508. The van der Waals surface area contributed by atoms with Gasteiger partial charge in [-0.2, -0.15) is 5.10 Å². The van der Waals surface area contributed by atoms with Crippen molar-refractivity contribution in [2.24, 2.45) is 0 Å². The average molecular weight is 324 g/mol. The second-order valence-corrected chi connectivity index (χ2v) is 5.57. The zero-order valence-corrected chi connectivity index (χ0v) is 13.0. The minimum Gasteiger partial charge on any atom is -0.345 e. The number of nitrogens with zero attached hydrogens (tertiary/aromatic N) is 7. The van der Waals surface area contributed by atoms with E-state index in [0.717, 1.165) is 37.5 Å². The molecule has 1 amide bonds. The molecule has 3 aromatic rings. The van der Waals surface area contributed by atoms with E-state index in [1.54, 1.807) is 18.3 Å². The molecule has 3 aromatic heterocycles. The predicted octanol–water partition coefficient (Wildman–Crippen LogP) is 0.520. The summed E-state index contributed by atoms with van der Waals surface area (Å²) in [6.07, 6.45) is 7.75. The summed E-state index contributed by atoms with van der Waals surface area (Å²) in [6.45, 7) is 1.27. The maximum atomic E-state index is 12.4. The quantitative estimate of drug-likeness (QED) is 0.750. The van der Waals surface area contributed by atoms with Crippen molar-refractivity contribution < 1.29 is 4.79 Å². The van der Waals surface area contributed by atoms with E-state index in [2.05, 4.69) is 35.1 Å². The van der Waals surface area contributed by atoms with Crippen molar-refractivity contribution in [3.63, 3.8) is 0 Å². The smallest absolute Gasteiger partial charge is 0.251 e. The van der Waals surface area contributed by atoms with Crippen LogP contribution in [0.1, 0.15) is 34.8 Å². The Hall–Kier alpha value is -3.10. The molecular formula is C15H16N8O. The van der Waals surface area contributed by atoms with E-state index in [0.29, 0.717) is 17.9 Å². The van der Waals surface area contributed by atoms with Gasteiger partial charge in [0.2, 0.25) is 0 Å². The lowest BCUT2D eigenvalue weighted by Crippen LogP contribution is -2.26. The molecule has 0 unspecified atom stereocenters. The van der Waals surface area contributed by atoms with Gasteiger partial charge in [0.25, 0.3) is 5.91 Å². The van der Waals surface area contributed by atoms with Gasteiger partial charge in [0, 0.05) is 24.7 Å². The number of fused-ring (bicyclic) bond motifs is 1. The third-order valence-electron chi connectivity index (χ3n) is 4.00. The van der Waals surface area contributed by atoms with Crippen molar-refractivity contribution >= 4 is 5.91 Å². The highest BCUT2D eigenvalue weighted by Crippen LogP contribution is 2.14. The minimum absolute atomic E-state index is 0.188. The summed E-state index contributed by atoms with van der Waals surface area (Å²) in [5, 5.41) is 15.3. The van der Waals surface area contributed by atoms with Crippen molar-refractivity contribution in [3.8, 4) is 5.82 Å². The van der Waals surface area contributed by atoms with E-state index in [9.17, 15) is 4.79 Å². The van der Waals surface area contributed by atoms with Crippen molar-refractivity contribution in [1.82, 2.24) is 39.8 Å². The normalized spacial score (nSPS) is 13.5. The van der Waals surface area contributed by atoms with Gasteiger partial charge in [-0.15, -0.1) is 10.2 Å². The van der Waals surface area contributed by atoms with Gasteiger partial charge in [-0.3, -0.25) is 4.79 Å². The third-order valence-corrected chi connectivity index (χ3v) is 4.00. The largest absolute Gasteiger partial charge is 0.345 e. The first-order valence-corrected chi connectivity index (χ1v) is 7.81. The molecule has 4 rings (SSSR count). The van der Waals surface area contributed by atoms with E-state index in [1.165, 1.54) is 17.3 Å². The lowest BCUT2D eigenvalue weighted by atomic mass is 10.1. The van der Waals surface area contributed by atoms with E-state index < -0.39 is 0 Å². The summed E-state index contributed by atoms with van der Waals surface area (Å²) >= 11 is 0. The number of aryl methyl sites for hydroxylation is 1. The van der Waals surface area contributed by atoms with Crippen LogP contribution in [0.2, 0.25) is 0 Å². The zero-order chi connectivity index (χ0) is 16.4. The van der Waals surface area contributed by atoms with Gasteiger partial charge in [-0.1, -0.05) is 0 Å². The molecule has 0 aliphatic carbocycles. The first-order valence-electron chi connectivity index (χ1n) is 7.81. The molecule has 1 aliphatic rings. The standard InChI is InChI=1S/C15H16N8O/c24-15(11-4-5-17-13(7-11)23-10-16-9-19-23)18-8-14-21-20-12-3-1-2-6-22(12)14/h4-5,7,9-10H,1-3,6,8H2,(H,18,24). The number of pyridine rings is 1. The van der Waals surface area contributed by atoms with Gasteiger partial charge in [0.1, 0.15) is 18.5 Å². The number of carbonyl (C=O) groups excluding carboxylic acids is 1. The Kier molecular flexibility index (Phi) is 3.73. The number of amides is 1. The lowest BCUT2D eigenvalue weighted by Gasteiger charge is -2.14. The summed E-state index contributed by atoms with van der Waals surface area (Å²) in [6, 6.07) is 3.33. The van der Waals surface area contributed by atoms with Crippen LogP contribution < -0.4 is 5.32 Å². The van der Waals surface area contributed by atoms with Crippen molar-refractivity contribution in [1.29, 1.82) is 0 Å². The van der Waals surface area contributed by atoms with E-state index >= 15 is 0 Å². The molecule has 1 aliphatic heterocycles. The van der Waals surface area contributed by atoms with Crippen LogP contribution in [0, 0.1) is 0 Å². The number of carbonyl (C=O) groups is 1. The fraction of sp³-hybridized carbons (Fsp3) is 0.333. The van der Waals surface area contributed by atoms with Crippen LogP contribution in [0.4, 0.5) is 0 Å². The third kappa shape index (κ3) is 2.75. The molecule has 1 N–H and O–H groups in total. The van der Waals surface area contributed by atoms with Gasteiger partial charge in [-0.25, -0.2) is 14.6 Å². The minimum atomic E-state index is -0.188. The van der Waals surface area contributed by atoms with Crippen molar-refractivity contribution in [2.45, 2.75) is 32.4 Å². The molecule has 0 atom stereocenters. The lowest BCUT2D eigenvalue weighted by molar-refractivity contribution is 0.0949. The topological polar surface area (TPSA) is 103 Å². The molecule has 9 nitrogen and oxygen atoms in total. The molecule has 0 saturated carbocycles. The Morgan fingerprint density at radius 3 is 3.12 bits per heavy atom. The van der Waals surface area contributed by atoms with Crippen LogP contribution in [0.15, 0.2) is 31.0 Å². The maximum absolute atomic E-state index is 12.4. The summed E-state index contributed by atoms with van der Waals surface area (Å²) in [5.74, 6) is 2.15. The molecular weight excluding hydrogens is 308 g/mol. The molecule has 0 saturated heterocycles. The highest BCUT2D eigenvalue weighted by atomic mass is 16.1. The molecule has 9 heteroatoms. The molecule has 4 heterocycles. The fourth-order valence-electron chi connectivity index (χ4n) is 2.77. The van der Waals surface area contributed by atoms with Gasteiger partial charge in [0.15, 0.2) is 11.6 Å². The van der Waals surface area contributed by atoms with E-state index in [1.807, 2.05) is 0 Å². The summed E-state index contributed by atoms with van der Waals surface area (Å²) in [4.78, 5) is 20.5. The Morgan fingerprint density at radius 1 is 1.29 bits per heavy atom. The Labute approximate surface area is 137 Å². The Bertz CT molecular complexity index is 854. The summed E-state index contributed by atoms with van der Waals surface area (Å²) in [7, 11) is 0. The number of nitrogens with one attached hydrogen (secondary N) is 1. The molecule has 0 fully saturated rings. The number of hydrogen-bond donors (Lipinski definition) is 1. The highest BCUT2D eigenvalue weighted by Gasteiger charge is 2.16. The maximum Gasteiger partial charge on any atom is 0.251 e. The molecule has 24 heavy (non-hydrogen) atoms. The van der Waals surface area contributed by atoms with Crippen LogP contribution in [0.3, 0.4) is 0 Å². The molecule has 0 bridgehead atoms. The Morgan fingerprint density at radius 2 is 2.25 bits per heavy atom. The van der Waals surface area contributed by atoms with E-state index in [-0.39, 0.29) is 5.91 Å². The average Bonchev–Trinajstić information content (AvgIpc) is 3.30. The first-order chi connectivity index (χ1) is 11.8. The van der Waals surface area contributed by atoms with Crippen LogP contribution in [-0.2, 0) is 19.5 Å². The molecule has 0 spiro atoms. The van der Waals surface area contributed by atoms with Gasteiger partial charge >= 0.3 is 0 Å².